The van der Waals surface area contributed by atoms with Crippen LogP contribution in [0.25, 0.3) is 10.8 Å². The van der Waals surface area contributed by atoms with Gasteiger partial charge in [-0.1, -0.05) is 48.5 Å². The molecule has 1 unspecified atom stereocenters. The number of aryl methyl sites for hydroxylation is 1. The van der Waals surface area contributed by atoms with Gasteiger partial charge in [0.25, 0.3) is 0 Å². The molecule has 2 heteroatoms. The summed E-state index contributed by atoms with van der Waals surface area (Å²) < 4.78 is 13.6. The van der Waals surface area contributed by atoms with Crippen LogP contribution in [0.15, 0.2) is 60.7 Å². The lowest BCUT2D eigenvalue weighted by atomic mass is 9.98. The van der Waals surface area contributed by atoms with Gasteiger partial charge in [0.05, 0.1) is 0 Å². The first-order valence-electron chi connectivity index (χ1n) is 6.58. The van der Waals surface area contributed by atoms with E-state index in [-0.39, 0.29) is 5.82 Å². The molecule has 100 valence electrons. The van der Waals surface area contributed by atoms with E-state index in [9.17, 15) is 9.50 Å². The fraction of sp³-hybridized carbons (Fsp3) is 0.111. The summed E-state index contributed by atoms with van der Waals surface area (Å²) in [7, 11) is 0. The van der Waals surface area contributed by atoms with Gasteiger partial charge in [-0.15, -0.1) is 0 Å². The van der Waals surface area contributed by atoms with Crippen LogP contribution < -0.4 is 0 Å². The zero-order valence-corrected chi connectivity index (χ0v) is 11.2. The molecular formula is C18H15FO. The summed E-state index contributed by atoms with van der Waals surface area (Å²) in [5.41, 5.74) is 1.93. The minimum Gasteiger partial charge on any atom is -0.384 e. The molecule has 0 radical (unpaired) electrons. The van der Waals surface area contributed by atoms with E-state index < -0.39 is 6.10 Å². The van der Waals surface area contributed by atoms with Gasteiger partial charge in [-0.25, -0.2) is 4.39 Å². The molecule has 0 amide bonds. The third-order valence-corrected chi connectivity index (χ3v) is 3.60. The Labute approximate surface area is 117 Å². The number of fused-ring (bicyclic) bond motifs is 1. The number of halogens is 1. The highest BCUT2D eigenvalue weighted by Gasteiger charge is 2.12. The van der Waals surface area contributed by atoms with Crippen LogP contribution in [0.2, 0.25) is 0 Å². The summed E-state index contributed by atoms with van der Waals surface area (Å²) in [6, 6.07) is 18.6. The van der Waals surface area contributed by atoms with Gasteiger partial charge < -0.3 is 5.11 Å². The summed E-state index contributed by atoms with van der Waals surface area (Å²) in [5.74, 6) is -0.290. The number of aliphatic hydroxyl groups excluding tert-OH is 1. The van der Waals surface area contributed by atoms with Gasteiger partial charge in [0.1, 0.15) is 11.9 Å². The van der Waals surface area contributed by atoms with Gasteiger partial charge in [0.15, 0.2) is 0 Å². The van der Waals surface area contributed by atoms with E-state index >= 15 is 0 Å². The summed E-state index contributed by atoms with van der Waals surface area (Å²) in [5, 5.41) is 12.6. The van der Waals surface area contributed by atoms with Gasteiger partial charge in [-0.05, 0) is 46.5 Å². The molecule has 3 aromatic carbocycles. The van der Waals surface area contributed by atoms with Gasteiger partial charge in [-0.3, -0.25) is 0 Å². The molecule has 1 N–H and O–H groups in total. The minimum atomic E-state index is -0.810. The van der Waals surface area contributed by atoms with Crippen molar-refractivity contribution in [3.05, 3.63) is 83.2 Å². The number of benzene rings is 3. The van der Waals surface area contributed by atoms with Gasteiger partial charge in [0, 0.05) is 0 Å². The van der Waals surface area contributed by atoms with Crippen LogP contribution in [0.1, 0.15) is 22.8 Å². The molecule has 0 bridgehead atoms. The first kappa shape index (κ1) is 12.8. The molecule has 3 rings (SSSR count). The van der Waals surface area contributed by atoms with E-state index in [1.165, 1.54) is 6.07 Å². The van der Waals surface area contributed by atoms with E-state index in [4.69, 9.17) is 0 Å². The summed E-state index contributed by atoms with van der Waals surface area (Å²) >= 11 is 0. The fourth-order valence-corrected chi connectivity index (χ4v) is 2.35. The molecule has 0 aliphatic carbocycles. The van der Waals surface area contributed by atoms with Crippen molar-refractivity contribution < 1.29 is 9.50 Å². The van der Waals surface area contributed by atoms with Crippen LogP contribution in [-0.2, 0) is 0 Å². The molecule has 1 atom stereocenters. The van der Waals surface area contributed by atoms with Crippen molar-refractivity contribution in [2.24, 2.45) is 0 Å². The molecule has 0 spiro atoms. The second-order valence-electron chi connectivity index (χ2n) is 5.02. The minimum absolute atomic E-state index is 0.290. The van der Waals surface area contributed by atoms with Crippen LogP contribution in [-0.4, -0.2) is 5.11 Å². The third kappa shape index (κ3) is 2.30. The normalized spacial score (nSPS) is 12.6. The third-order valence-electron chi connectivity index (χ3n) is 3.60. The van der Waals surface area contributed by atoms with E-state index in [1.54, 1.807) is 19.1 Å². The molecule has 1 nitrogen and oxygen atoms in total. The standard InChI is InChI=1S/C18H15FO/c1-12-6-7-16(11-17(12)19)18(20)15-9-8-13-4-2-3-5-14(13)10-15/h2-11,18,20H,1H3. The topological polar surface area (TPSA) is 20.2 Å². The Morgan fingerprint density at radius 1 is 0.850 bits per heavy atom. The maximum absolute atomic E-state index is 13.6. The van der Waals surface area contributed by atoms with Crippen LogP contribution in [0.4, 0.5) is 4.39 Å². The summed E-state index contributed by atoms with van der Waals surface area (Å²) in [6.45, 7) is 1.71. The zero-order valence-electron chi connectivity index (χ0n) is 11.2. The maximum atomic E-state index is 13.6. The molecular weight excluding hydrogens is 251 g/mol. The molecule has 20 heavy (non-hydrogen) atoms. The Morgan fingerprint density at radius 3 is 2.25 bits per heavy atom. The van der Waals surface area contributed by atoms with Crippen molar-refractivity contribution in [3.8, 4) is 0 Å². The monoisotopic (exact) mass is 266 g/mol. The second kappa shape index (κ2) is 5.06. The van der Waals surface area contributed by atoms with Crippen molar-refractivity contribution >= 4 is 10.8 Å². The van der Waals surface area contributed by atoms with Crippen molar-refractivity contribution in [1.82, 2.24) is 0 Å². The highest BCUT2D eigenvalue weighted by molar-refractivity contribution is 5.83. The molecule has 0 aliphatic heterocycles. The SMILES string of the molecule is Cc1ccc(C(O)c2ccc3ccccc3c2)cc1F. The average molecular weight is 266 g/mol. The maximum Gasteiger partial charge on any atom is 0.126 e. The molecule has 0 saturated heterocycles. The number of rotatable bonds is 2. The summed E-state index contributed by atoms with van der Waals surface area (Å²) in [6.07, 6.45) is -0.810. The second-order valence-corrected chi connectivity index (χ2v) is 5.02. The van der Waals surface area contributed by atoms with Crippen LogP contribution in [0, 0.1) is 12.7 Å². The summed E-state index contributed by atoms with van der Waals surface area (Å²) in [4.78, 5) is 0. The van der Waals surface area contributed by atoms with Gasteiger partial charge in [-0.2, -0.15) is 0 Å². The molecule has 0 fully saturated rings. The largest absolute Gasteiger partial charge is 0.384 e. The quantitative estimate of drug-likeness (QED) is 0.730. The fourth-order valence-electron chi connectivity index (χ4n) is 2.35. The first-order chi connectivity index (χ1) is 9.65. The number of hydrogen-bond acceptors (Lipinski definition) is 1. The van der Waals surface area contributed by atoms with Crippen molar-refractivity contribution in [2.45, 2.75) is 13.0 Å². The van der Waals surface area contributed by atoms with E-state index in [0.717, 1.165) is 16.3 Å². The Balaban J connectivity index is 2.02. The zero-order chi connectivity index (χ0) is 14.1. The lowest BCUT2D eigenvalue weighted by molar-refractivity contribution is 0.220. The molecule has 0 aliphatic rings. The predicted molar refractivity (Wildman–Crippen MR) is 79.1 cm³/mol. The van der Waals surface area contributed by atoms with Crippen LogP contribution in [0.5, 0.6) is 0 Å². The lowest BCUT2D eigenvalue weighted by Gasteiger charge is -2.13. The molecule has 0 aromatic heterocycles. The van der Waals surface area contributed by atoms with Crippen molar-refractivity contribution in [1.29, 1.82) is 0 Å². The average Bonchev–Trinajstić information content (AvgIpc) is 2.49. The van der Waals surface area contributed by atoms with Gasteiger partial charge in [0.2, 0.25) is 0 Å². The highest BCUT2D eigenvalue weighted by atomic mass is 19.1. The molecule has 0 saturated carbocycles. The molecule has 3 aromatic rings. The van der Waals surface area contributed by atoms with Crippen molar-refractivity contribution in [2.75, 3.05) is 0 Å². The lowest BCUT2D eigenvalue weighted by Crippen LogP contribution is -2.00. The highest BCUT2D eigenvalue weighted by Crippen LogP contribution is 2.26. The van der Waals surface area contributed by atoms with Crippen LogP contribution in [0.3, 0.4) is 0 Å². The number of hydrogen-bond donors (Lipinski definition) is 1. The Kier molecular flexibility index (Phi) is 3.25. The van der Waals surface area contributed by atoms with Gasteiger partial charge >= 0.3 is 0 Å². The molecule has 0 heterocycles. The first-order valence-corrected chi connectivity index (χ1v) is 6.58. The Morgan fingerprint density at radius 2 is 1.50 bits per heavy atom. The van der Waals surface area contributed by atoms with Crippen molar-refractivity contribution in [3.63, 3.8) is 0 Å². The van der Waals surface area contributed by atoms with E-state index in [2.05, 4.69) is 0 Å². The van der Waals surface area contributed by atoms with E-state index in [0.29, 0.717) is 11.1 Å². The Bertz CT molecular complexity index is 764. The van der Waals surface area contributed by atoms with Crippen LogP contribution >= 0.6 is 0 Å². The van der Waals surface area contributed by atoms with E-state index in [1.807, 2.05) is 42.5 Å². The Hall–Kier alpha value is -2.19. The number of aliphatic hydroxyl groups is 1. The predicted octanol–water partition coefficient (Wildman–Crippen LogP) is 4.37. The smallest absolute Gasteiger partial charge is 0.126 e.